The zero-order chi connectivity index (χ0) is 28.5. The lowest BCUT2D eigenvalue weighted by Gasteiger charge is -2.39. The van der Waals surface area contributed by atoms with Crippen molar-refractivity contribution < 1.29 is 4.43 Å². The molecule has 4 heterocycles. The van der Waals surface area contributed by atoms with Crippen molar-refractivity contribution in [3.05, 3.63) is 48.3 Å². The second-order valence-corrected chi connectivity index (χ2v) is 16.0. The van der Waals surface area contributed by atoms with E-state index in [4.69, 9.17) is 15.1 Å². The fraction of sp³-hybridized carbons (Fsp3) is 0.407. The molecule has 0 radical (unpaired) electrons. The van der Waals surface area contributed by atoms with E-state index in [1.54, 1.807) is 24.7 Å². The minimum Gasteiger partial charge on any atom is -0.412 e. The summed E-state index contributed by atoms with van der Waals surface area (Å²) in [6.07, 6.45) is 4.75. The van der Waals surface area contributed by atoms with Crippen LogP contribution >= 0.6 is 0 Å². The highest BCUT2D eigenvalue weighted by Gasteiger charge is 2.39. The third-order valence-electron chi connectivity index (χ3n) is 7.11. The summed E-state index contributed by atoms with van der Waals surface area (Å²) >= 11 is 0. The van der Waals surface area contributed by atoms with Gasteiger partial charge in [0.15, 0.2) is 14.0 Å². The number of aromatic nitrogens is 6. The van der Waals surface area contributed by atoms with Crippen LogP contribution in [0.2, 0.25) is 18.1 Å². The zero-order valence-corrected chi connectivity index (χ0v) is 24.8. The minimum absolute atomic E-state index is 0.0698. The van der Waals surface area contributed by atoms with Crippen molar-refractivity contribution in [3.63, 3.8) is 0 Å². The Hall–Kier alpha value is -4.08. The summed E-state index contributed by atoms with van der Waals surface area (Å²) in [5.74, 6) is 1.58. The molecule has 1 atom stereocenters. The van der Waals surface area contributed by atoms with E-state index in [9.17, 15) is 5.26 Å². The first-order chi connectivity index (χ1) is 18.3. The van der Waals surface area contributed by atoms with Gasteiger partial charge in [-0.15, -0.1) is 0 Å². The summed E-state index contributed by atoms with van der Waals surface area (Å²) < 4.78 is 8.60. The molecule has 0 aromatic carbocycles. The molecule has 0 saturated carbocycles. The Labute approximate surface area is 230 Å². The number of rotatable bonds is 8. The molecule has 0 bridgehead atoms. The lowest BCUT2D eigenvalue weighted by molar-refractivity contribution is 0.206. The number of pyridine rings is 2. The van der Waals surface area contributed by atoms with Crippen LogP contribution in [0.15, 0.2) is 37.1 Å². The normalized spacial score (nSPS) is 12.8. The highest BCUT2D eigenvalue weighted by atomic mass is 28.4. The summed E-state index contributed by atoms with van der Waals surface area (Å²) in [6, 6.07) is 7.51. The van der Waals surface area contributed by atoms with E-state index in [0.29, 0.717) is 40.9 Å². The summed E-state index contributed by atoms with van der Waals surface area (Å²) in [4.78, 5) is 24.3. The largest absolute Gasteiger partial charge is 0.412 e. The number of anilines is 5. The van der Waals surface area contributed by atoms with Crippen molar-refractivity contribution in [2.75, 3.05) is 22.5 Å². The minimum atomic E-state index is -2.03. The Morgan fingerprint density at radius 2 is 1.92 bits per heavy atom. The molecule has 4 rings (SSSR count). The SMILES string of the molecule is Cc1cc(C#N)ncc1N(CC(C)O[Si](C)(C)C(C)(C)C)c1cc(Nc2cc(N)ncn2)c2ncn(C)c2n1. The van der Waals surface area contributed by atoms with Crippen LogP contribution in [0.3, 0.4) is 0 Å². The molecule has 1 unspecified atom stereocenters. The van der Waals surface area contributed by atoms with Crippen LogP contribution in [0.25, 0.3) is 11.2 Å². The second kappa shape index (κ2) is 10.6. The van der Waals surface area contributed by atoms with Crippen molar-refractivity contribution in [1.82, 2.24) is 29.5 Å². The van der Waals surface area contributed by atoms with E-state index in [0.717, 1.165) is 16.9 Å². The van der Waals surface area contributed by atoms with Gasteiger partial charge in [-0.2, -0.15) is 5.26 Å². The van der Waals surface area contributed by atoms with Gasteiger partial charge >= 0.3 is 0 Å². The first-order valence-electron chi connectivity index (χ1n) is 12.8. The van der Waals surface area contributed by atoms with Gasteiger partial charge in [0.25, 0.3) is 0 Å². The predicted octanol–water partition coefficient (Wildman–Crippen LogP) is 5.21. The Bertz CT molecular complexity index is 1540. The maximum Gasteiger partial charge on any atom is 0.192 e. The molecule has 0 spiro atoms. The highest BCUT2D eigenvalue weighted by molar-refractivity contribution is 6.74. The van der Waals surface area contributed by atoms with Gasteiger partial charge in [0.2, 0.25) is 0 Å². The predicted molar refractivity (Wildman–Crippen MR) is 157 cm³/mol. The van der Waals surface area contributed by atoms with Gasteiger partial charge in [-0.25, -0.2) is 24.9 Å². The van der Waals surface area contributed by atoms with Gasteiger partial charge in [-0.3, -0.25) is 0 Å². The summed E-state index contributed by atoms with van der Waals surface area (Å²) in [7, 11) is -0.129. The first kappa shape index (κ1) is 27.9. The van der Waals surface area contributed by atoms with E-state index >= 15 is 0 Å². The van der Waals surface area contributed by atoms with Gasteiger partial charge in [0, 0.05) is 25.7 Å². The fourth-order valence-corrected chi connectivity index (χ4v) is 5.51. The third-order valence-corrected chi connectivity index (χ3v) is 11.7. The zero-order valence-electron chi connectivity index (χ0n) is 23.8. The van der Waals surface area contributed by atoms with Gasteiger partial charge in [-0.05, 0) is 43.6 Å². The van der Waals surface area contributed by atoms with Crippen molar-refractivity contribution in [2.45, 2.75) is 58.9 Å². The molecule has 0 amide bonds. The van der Waals surface area contributed by atoms with Crippen molar-refractivity contribution in [1.29, 1.82) is 5.26 Å². The smallest absolute Gasteiger partial charge is 0.192 e. The number of fused-ring (bicyclic) bond motifs is 1. The van der Waals surface area contributed by atoms with Crippen LogP contribution in [-0.4, -0.2) is 50.5 Å². The van der Waals surface area contributed by atoms with E-state index in [-0.39, 0.29) is 11.1 Å². The van der Waals surface area contributed by atoms with E-state index < -0.39 is 8.32 Å². The molecule has 12 heteroatoms. The van der Waals surface area contributed by atoms with E-state index in [2.05, 4.69) is 77.0 Å². The highest BCUT2D eigenvalue weighted by Crippen LogP contribution is 2.38. The van der Waals surface area contributed by atoms with E-state index in [1.807, 2.05) is 24.6 Å². The molecule has 0 aliphatic rings. The second-order valence-electron chi connectivity index (χ2n) is 11.3. The molecule has 0 aliphatic heterocycles. The summed E-state index contributed by atoms with van der Waals surface area (Å²) in [6.45, 7) is 15.8. The topological polar surface area (TPSA) is 144 Å². The molecular formula is C27H36N10OSi. The molecular weight excluding hydrogens is 508 g/mol. The Balaban J connectivity index is 1.83. The van der Waals surface area contributed by atoms with E-state index in [1.165, 1.54) is 6.33 Å². The van der Waals surface area contributed by atoms with Gasteiger partial charge in [-0.1, -0.05) is 20.8 Å². The monoisotopic (exact) mass is 544 g/mol. The number of nitriles is 1. The van der Waals surface area contributed by atoms with Gasteiger partial charge in [0.1, 0.15) is 41.1 Å². The van der Waals surface area contributed by atoms with Crippen LogP contribution in [0.1, 0.15) is 39.0 Å². The molecule has 0 aliphatic carbocycles. The number of imidazole rings is 1. The number of hydrogen-bond donors (Lipinski definition) is 2. The van der Waals surface area contributed by atoms with Crippen LogP contribution in [0, 0.1) is 18.3 Å². The van der Waals surface area contributed by atoms with Gasteiger partial charge in [0.05, 0.1) is 30.0 Å². The van der Waals surface area contributed by atoms with Crippen LogP contribution in [-0.2, 0) is 11.5 Å². The molecule has 4 aromatic rings. The average molecular weight is 545 g/mol. The van der Waals surface area contributed by atoms with Gasteiger partial charge < -0.3 is 24.9 Å². The third kappa shape index (κ3) is 5.99. The van der Waals surface area contributed by atoms with Crippen LogP contribution < -0.4 is 16.0 Å². The fourth-order valence-electron chi connectivity index (χ4n) is 4.08. The number of nitrogens with two attached hydrogens (primary N) is 1. The lowest BCUT2D eigenvalue weighted by Crippen LogP contribution is -2.45. The van der Waals surface area contributed by atoms with Crippen molar-refractivity contribution in [2.24, 2.45) is 7.05 Å². The summed E-state index contributed by atoms with van der Waals surface area (Å²) in [5.41, 5.74) is 10.1. The molecule has 0 saturated heterocycles. The molecule has 39 heavy (non-hydrogen) atoms. The molecule has 4 aromatic heterocycles. The van der Waals surface area contributed by atoms with Crippen molar-refractivity contribution >= 4 is 48.3 Å². The molecule has 11 nitrogen and oxygen atoms in total. The summed E-state index contributed by atoms with van der Waals surface area (Å²) in [5, 5.41) is 12.8. The average Bonchev–Trinajstić information content (AvgIpc) is 3.22. The number of nitrogens with one attached hydrogen (secondary N) is 1. The molecule has 204 valence electrons. The quantitative estimate of drug-likeness (QED) is 0.284. The maximum atomic E-state index is 9.39. The lowest BCUT2D eigenvalue weighted by atomic mass is 10.2. The van der Waals surface area contributed by atoms with Crippen LogP contribution in [0.4, 0.5) is 28.8 Å². The molecule has 0 fully saturated rings. The maximum absolute atomic E-state index is 9.39. The number of nitrogens with zero attached hydrogens (tertiary/aromatic N) is 8. The number of hydrogen-bond acceptors (Lipinski definition) is 10. The Morgan fingerprint density at radius 1 is 1.18 bits per heavy atom. The number of aryl methyl sites for hydroxylation is 2. The molecule has 3 N–H and O–H groups in total. The van der Waals surface area contributed by atoms with Crippen LogP contribution in [0.5, 0.6) is 0 Å². The number of nitrogen functional groups attached to an aromatic ring is 1. The Morgan fingerprint density at radius 3 is 2.56 bits per heavy atom. The van der Waals surface area contributed by atoms with Crippen molar-refractivity contribution in [3.8, 4) is 6.07 Å². The standard InChI is InChI=1S/C27H36N10OSi/c1-17-9-19(12-28)30-13-21(17)37(14-18(2)38-39(7,8)27(3,4)5)24-10-20(25-26(35-24)36(6)16-33-25)34-23-11-22(29)31-15-32-23/h9-11,13,15-16,18H,14H2,1-8H3,(H3,29,31,32,34,35). The Kier molecular flexibility index (Phi) is 7.58. The first-order valence-corrected chi connectivity index (χ1v) is 15.7.